The molecule has 12 aromatic rings. The van der Waals surface area contributed by atoms with Gasteiger partial charge in [-0.05, 0) is 184 Å². The Morgan fingerprint density at radius 2 is 0.671 bits per heavy atom. The van der Waals surface area contributed by atoms with Gasteiger partial charge in [-0.1, -0.05) is 223 Å². The number of hydrogen-bond acceptors (Lipinski definition) is 2. The van der Waals surface area contributed by atoms with Crippen molar-refractivity contribution in [2.45, 2.75) is 110 Å². The highest BCUT2D eigenvalue weighted by Crippen LogP contribution is 2.64. The molecule has 0 bridgehead atoms. The molecule has 0 saturated carbocycles. The Morgan fingerprint density at radius 1 is 0.293 bits per heavy atom. The lowest BCUT2D eigenvalue weighted by Gasteiger charge is -2.40. The van der Waals surface area contributed by atoms with Crippen LogP contribution in [0.15, 0.2) is 224 Å². The van der Waals surface area contributed by atoms with Gasteiger partial charge in [-0.15, -0.1) is 0 Å². The third kappa shape index (κ3) is 7.90. The first-order chi connectivity index (χ1) is 39.2. The van der Waals surface area contributed by atoms with Crippen LogP contribution in [0, 0.1) is 0 Å². The first-order valence-corrected chi connectivity index (χ1v) is 29.5. The van der Waals surface area contributed by atoms with Crippen molar-refractivity contribution in [2.75, 3.05) is 9.80 Å². The lowest BCUT2D eigenvalue weighted by Crippen LogP contribution is -2.33. The quantitative estimate of drug-likeness (QED) is 0.164. The van der Waals surface area contributed by atoms with Crippen molar-refractivity contribution < 1.29 is 0 Å². The van der Waals surface area contributed by atoms with E-state index in [1.54, 1.807) is 0 Å². The summed E-state index contributed by atoms with van der Waals surface area (Å²) in [4.78, 5) is 4.98. The Bertz CT molecular complexity index is 4310. The van der Waals surface area contributed by atoms with E-state index in [9.17, 15) is 0 Å². The van der Waals surface area contributed by atoms with Crippen molar-refractivity contribution >= 4 is 77.5 Å². The molecule has 0 atom stereocenters. The summed E-state index contributed by atoms with van der Waals surface area (Å²) >= 11 is 0. The molecule has 1 aromatic heterocycles. The Kier molecular flexibility index (Phi) is 11.4. The van der Waals surface area contributed by atoms with Crippen LogP contribution in [-0.2, 0) is 27.1 Å². The van der Waals surface area contributed by atoms with Crippen LogP contribution in [0.1, 0.15) is 128 Å². The number of anilines is 6. The minimum absolute atomic E-state index is 0.00511. The fourth-order valence-corrected chi connectivity index (χ4v) is 13.8. The molecular weight excluding hydrogens is 991 g/mol. The van der Waals surface area contributed by atoms with E-state index in [-0.39, 0.29) is 21.7 Å². The van der Waals surface area contributed by atoms with Crippen molar-refractivity contribution in [1.29, 1.82) is 0 Å². The van der Waals surface area contributed by atoms with Crippen LogP contribution >= 0.6 is 0 Å². The molecule has 0 unspecified atom stereocenters. The highest BCUT2D eigenvalue weighted by molar-refractivity contribution is 6.18. The van der Waals surface area contributed by atoms with Gasteiger partial charge in [-0.2, -0.15) is 0 Å². The predicted octanol–water partition coefficient (Wildman–Crippen LogP) is 21.9. The van der Waals surface area contributed by atoms with Gasteiger partial charge >= 0.3 is 0 Å². The van der Waals surface area contributed by atoms with Gasteiger partial charge in [0.1, 0.15) is 0 Å². The molecule has 404 valence electrons. The molecule has 0 amide bonds. The van der Waals surface area contributed by atoms with Gasteiger partial charge in [0, 0.05) is 44.9 Å². The van der Waals surface area contributed by atoms with E-state index in [0.717, 1.165) is 34.1 Å². The fourth-order valence-electron chi connectivity index (χ4n) is 13.8. The molecule has 1 spiro atoms. The zero-order chi connectivity index (χ0) is 56.8. The van der Waals surface area contributed by atoms with Crippen LogP contribution < -0.4 is 9.80 Å². The van der Waals surface area contributed by atoms with E-state index in [0.29, 0.717) is 0 Å². The highest BCUT2D eigenvalue weighted by Gasteiger charge is 2.52. The van der Waals surface area contributed by atoms with Gasteiger partial charge in [0.15, 0.2) is 0 Å². The van der Waals surface area contributed by atoms with E-state index in [2.05, 4.69) is 322 Å². The maximum Gasteiger partial charge on any atom is 0.0755 e. The van der Waals surface area contributed by atoms with Gasteiger partial charge < -0.3 is 14.4 Å². The van der Waals surface area contributed by atoms with Crippen LogP contribution in [0.3, 0.4) is 0 Å². The third-order valence-corrected chi connectivity index (χ3v) is 18.2. The zero-order valence-corrected chi connectivity index (χ0v) is 49.7. The first-order valence-electron chi connectivity index (χ1n) is 29.5. The minimum atomic E-state index is -0.704. The Balaban J connectivity index is 1.13. The van der Waals surface area contributed by atoms with Gasteiger partial charge in [0.25, 0.3) is 0 Å². The molecule has 3 nitrogen and oxygen atoms in total. The van der Waals surface area contributed by atoms with Crippen LogP contribution in [0.2, 0.25) is 0 Å². The number of aromatic nitrogens is 1. The Hall–Kier alpha value is -8.66. The number of nitrogens with zero attached hydrogens (tertiary/aromatic N) is 3. The van der Waals surface area contributed by atoms with Crippen molar-refractivity contribution in [3.8, 4) is 16.8 Å². The van der Waals surface area contributed by atoms with Crippen LogP contribution in [0.4, 0.5) is 34.1 Å². The van der Waals surface area contributed by atoms with Crippen molar-refractivity contribution in [1.82, 2.24) is 4.57 Å². The van der Waals surface area contributed by atoms with Crippen LogP contribution in [0.5, 0.6) is 0 Å². The van der Waals surface area contributed by atoms with Crippen LogP contribution in [-0.4, -0.2) is 4.57 Å². The maximum atomic E-state index is 2.61. The van der Waals surface area contributed by atoms with E-state index in [1.165, 1.54) is 105 Å². The number of para-hydroxylation sites is 1. The summed E-state index contributed by atoms with van der Waals surface area (Å²) in [5.41, 5.74) is 22.7. The molecule has 3 heteroatoms. The summed E-state index contributed by atoms with van der Waals surface area (Å²) in [6.45, 7) is 27.6. The molecule has 82 heavy (non-hydrogen) atoms. The molecule has 0 N–H and O–H groups in total. The van der Waals surface area contributed by atoms with Crippen molar-refractivity contribution in [3.05, 3.63) is 269 Å². The normalized spacial score (nSPS) is 13.7. The molecule has 11 aromatic carbocycles. The van der Waals surface area contributed by atoms with Gasteiger partial charge in [0.05, 0.1) is 22.1 Å². The summed E-state index contributed by atoms with van der Waals surface area (Å²) in [6, 6.07) is 86.6. The highest BCUT2D eigenvalue weighted by atomic mass is 15.2. The lowest BCUT2D eigenvalue weighted by atomic mass is 9.65. The average Bonchev–Trinajstić information content (AvgIpc) is 1.87. The van der Waals surface area contributed by atoms with E-state index >= 15 is 0 Å². The summed E-state index contributed by atoms with van der Waals surface area (Å²) in [5, 5.41) is 7.46. The second kappa shape index (κ2) is 18.2. The standard InChI is InChI=1S/C79H73N3/c1-75(2,3)52-27-35-56(36-28-52)80(57-37-29-53(30-38-57)76(4,5)6)60-43-46-70-64(47-60)65-48-61(81(58-39-31-54(32-40-58)77(7,8)9)59-41-33-55(34-42-59)78(10,11)12)49-69-74(65)82(70)71-24-18-17-23-66(71)79(69)67-44-25-50-19-13-15-21-62(50)72(67)73-63-22-16-14-20-51(63)26-45-68(73)79/h13-49H,1-12H3. The largest absolute Gasteiger partial charge is 0.310 e. The summed E-state index contributed by atoms with van der Waals surface area (Å²) < 4.78 is 2.61. The summed E-state index contributed by atoms with van der Waals surface area (Å²) in [6.07, 6.45) is 0. The monoisotopic (exact) mass is 1060 g/mol. The van der Waals surface area contributed by atoms with Gasteiger partial charge in [0.2, 0.25) is 0 Å². The van der Waals surface area contributed by atoms with Gasteiger partial charge in [-0.25, -0.2) is 0 Å². The molecule has 2 aliphatic rings. The SMILES string of the molecule is CC(C)(C)c1ccc(N(c2ccc(C(C)(C)C)cc2)c2ccc3c(c2)c2cc(N(c4ccc(C(C)(C)C)cc4)c4ccc(C(C)(C)C)cc4)cc4c2n3-c2ccccc2C42c3ccc4ccccc4c3-c3c2ccc2ccccc32)cc1. The maximum absolute atomic E-state index is 2.61. The molecule has 0 radical (unpaired) electrons. The molecule has 0 saturated heterocycles. The van der Waals surface area contributed by atoms with E-state index < -0.39 is 5.41 Å². The summed E-state index contributed by atoms with van der Waals surface area (Å²) in [7, 11) is 0. The number of hydrogen-bond donors (Lipinski definition) is 0. The first kappa shape index (κ1) is 51.5. The lowest BCUT2D eigenvalue weighted by molar-refractivity contribution is 0.590. The molecule has 0 fully saturated rings. The fraction of sp³-hybridized carbons (Fsp3) is 0.215. The third-order valence-electron chi connectivity index (χ3n) is 18.2. The van der Waals surface area contributed by atoms with E-state index in [4.69, 9.17) is 0 Å². The number of benzene rings is 11. The zero-order valence-electron chi connectivity index (χ0n) is 49.7. The molecule has 1 aliphatic heterocycles. The predicted molar refractivity (Wildman–Crippen MR) is 351 cm³/mol. The summed E-state index contributed by atoms with van der Waals surface area (Å²) in [5.74, 6) is 0. The molecule has 1 aliphatic carbocycles. The Labute approximate surface area is 485 Å². The molecular formula is C79H73N3. The molecule has 2 heterocycles. The Morgan fingerprint density at radius 3 is 1.11 bits per heavy atom. The smallest absolute Gasteiger partial charge is 0.0755 e. The van der Waals surface area contributed by atoms with Gasteiger partial charge in [-0.3, -0.25) is 0 Å². The number of rotatable bonds is 6. The number of fused-ring (bicyclic) bond motifs is 16. The second-order valence-electron chi connectivity index (χ2n) is 27.5. The van der Waals surface area contributed by atoms with E-state index in [1.807, 2.05) is 0 Å². The molecule has 14 rings (SSSR count). The minimum Gasteiger partial charge on any atom is -0.310 e. The van der Waals surface area contributed by atoms with Crippen LogP contribution in [0.25, 0.3) is 60.2 Å². The van der Waals surface area contributed by atoms with Crippen molar-refractivity contribution in [2.24, 2.45) is 0 Å². The van der Waals surface area contributed by atoms with Crippen molar-refractivity contribution in [3.63, 3.8) is 0 Å². The average molecular weight is 1060 g/mol. The topological polar surface area (TPSA) is 11.4 Å². The second-order valence-corrected chi connectivity index (χ2v) is 27.5.